The van der Waals surface area contributed by atoms with Gasteiger partial charge in [0, 0.05) is 11.1 Å². The quantitative estimate of drug-likeness (QED) is 0.909. The van der Waals surface area contributed by atoms with Crippen molar-refractivity contribution in [1.29, 1.82) is 0 Å². The van der Waals surface area contributed by atoms with Crippen LogP contribution in [0.3, 0.4) is 0 Å². The lowest BCUT2D eigenvalue weighted by atomic mass is 9.99. The topological polar surface area (TPSA) is 49.3 Å². The molecule has 0 saturated carbocycles. The highest BCUT2D eigenvalue weighted by Gasteiger charge is 2.16. The van der Waals surface area contributed by atoms with Crippen LogP contribution in [0.1, 0.15) is 53.9 Å². The molecule has 116 valence electrons. The van der Waals surface area contributed by atoms with Crippen LogP contribution < -0.4 is 5.32 Å². The van der Waals surface area contributed by atoms with Crippen molar-refractivity contribution in [3.8, 4) is 0 Å². The first kappa shape index (κ1) is 16.2. The van der Waals surface area contributed by atoms with E-state index in [4.69, 9.17) is 0 Å². The van der Waals surface area contributed by atoms with Gasteiger partial charge in [-0.05, 0) is 51.0 Å². The molecular formula is C19H23NO2. The molecule has 22 heavy (non-hydrogen) atoms. The van der Waals surface area contributed by atoms with Gasteiger partial charge in [-0.3, -0.25) is 4.79 Å². The van der Waals surface area contributed by atoms with Crippen molar-refractivity contribution < 1.29 is 9.90 Å². The number of carbonyl (C=O) groups excluding carboxylic acids is 1. The Kier molecular flexibility index (Phi) is 4.67. The molecule has 2 N–H and O–H groups in total. The molecule has 0 fully saturated rings. The van der Waals surface area contributed by atoms with E-state index in [1.54, 1.807) is 24.3 Å². The zero-order valence-corrected chi connectivity index (χ0v) is 13.6. The summed E-state index contributed by atoms with van der Waals surface area (Å²) < 4.78 is 0. The Morgan fingerprint density at radius 2 is 1.41 bits per heavy atom. The third-order valence-electron chi connectivity index (χ3n) is 3.37. The summed E-state index contributed by atoms with van der Waals surface area (Å²) in [5.74, 6) is -0.108. The van der Waals surface area contributed by atoms with Gasteiger partial charge >= 0.3 is 0 Å². The molecule has 2 aromatic carbocycles. The van der Waals surface area contributed by atoms with Crippen LogP contribution in [0.15, 0.2) is 48.5 Å². The molecule has 0 heterocycles. The molecule has 1 amide bonds. The van der Waals surface area contributed by atoms with Gasteiger partial charge in [0.2, 0.25) is 0 Å². The lowest BCUT2D eigenvalue weighted by Crippen LogP contribution is -2.40. The number of carbonyl (C=O) groups is 1. The number of amides is 1. The van der Waals surface area contributed by atoms with Gasteiger partial charge in [-0.15, -0.1) is 0 Å². The Balaban J connectivity index is 2.14. The molecule has 0 spiro atoms. The predicted octanol–water partition coefficient (Wildman–Crippen LogP) is 3.61. The lowest BCUT2D eigenvalue weighted by molar-refractivity contribution is 0.0919. The van der Waals surface area contributed by atoms with Gasteiger partial charge in [0.05, 0.1) is 0 Å². The van der Waals surface area contributed by atoms with Gasteiger partial charge < -0.3 is 10.4 Å². The number of aliphatic hydroxyl groups is 1. The zero-order valence-electron chi connectivity index (χ0n) is 13.6. The number of hydrogen-bond donors (Lipinski definition) is 2. The monoisotopic (exact) mass is 297 g/mol. The first-order valence-corrected chi connectivity index (χ1v) is 7.43. The Bertz CT molecular complexity index is 637. The molecule has 1 atom stereocenters. The molecular weight excluding hydrogens is 274 g/mol. The van der Waals surface area contributed by atoms with Gasteiger partial charge in [-0.2, -0.15) is 0 Å². The van der Waals surface area contributed by atoms with Crippen LogP contribution in [0.5, 0.6) is 0 Å². The maximum Gasteiger partial charge on any atom is 0.251 e. The van der Waals surface area contributed by atoms with Crippen LogP contribution >= 0.6 is 0 Å². The third kappa shape index (κ3) is 4.18. The molecule has 3 heteroatoms. The van der Waals surface area contributed by atoms with Gasteiger partial charge in [-0.1, -0.05) is 42.0 Å². The molecule has 0 radical (unpaired) electrons. The largest absolute Gasteiger partial charge is 0.384 e. The smallest absolute Gasteiger partial charge is 0.251 e. The van der Waals surface area contributed by atoms with E-state index in [2.05, 4.69) is 5.32 Å². The van der Waals surface area contributed by atoms with E-state index < -0.39 is 6.10 Å². The van der Waals surface area contributed by atoms with Crippen LogP contribution in [0.2, 0.25) is 0 Å². The minimum atomic E-state index is -0.680. The molecule has 1 unspecified atom stereocenters. The Hall–Kier alpha value is -2.13. The van der Waals surface area contributed by atoms with Gasteiger partial charge in [0.15, 0.2) is 0 Å². The standard InChI is InChI=1S/C19H23NO2/c1-13-5-7-14(8-6-13)17(21)15-9-11-16(12-10-15)18(22)20-19(2,3)4/h5-12,17,21H,1-4H3,(H,20,22). The molecule has 0 aliphatic rings. The van der Waals surface area contributed by atoms with E-state index in [1.165, 1.54) is 0 Å². The highest BCUT2D eigenvalue weighted by atomic mass is 16.3. The first-order valence-electron chi connectivity index (χ1n) is 7.43. The highest BCUT2D eigenvalue weighted by molar-refractivity contribution is 5.94. The fourth-order valence-electron chi connectivity index (χ4n) is 2.17. The second-order valence-electron chi connectivity index (χ2n) is 6.64. The number of hydrogen-bond acceptors (Lipinski definition) is 2. The molecule has 0 aliphatic carbocycles. The second-order valence-corrected chi connectivity index (χ2v) is 6.64. The van der Waals surface area contributed by atoms with Crippen LogP contribution in [0.4, 0.5) is 0 Å². The van der Waals surface area contributed by atoms with E-state index in [-0.39, 0.29) is 11.4 Å². The van der Waals surface area contributed by atoms with Crippen molar-refractivity contribution in [2.75, 3.05) is 0 Å². The summed E-state index contributed by atoms with van der Waals surface area (Å²) in [5, 5.41) is 13.3. The molecule has 0 aromatic heterocycles. The lowest BCUT2D eigenvalue weighted by Gasteiger charge is -2.20. The van der Waals surface area contributed by atoms with Crippen molar-refractivity contribution in [1.82, 2.24) is 5.32 Å². The Labute approximate surface area is 132 Å². The SMILES string of the molecule is Cc1ccc(C(O)c2ccc(C(=O)NC(C)(C)C)cc2)cc1. The minimum absolute atomic E-state index is 0.108. The van der Waals surface area contributed by atoms with E-state index in [9.17, 15) is 9.90 Å². The number of aliphatic hydroxyl groups excluding tert-OH is 1. The van der Waals surface area contributed by atoms with E-state index in [1.807, 2.05) is 52.0 Å². The molecule has 2 rings (SSSR count). The summed E-state index contributed by atoms with van der Waals surface area (Å²) in [7, 11) is 0. The number of nitrogens with one attached hydrogen (secondary N) is 1. The Morgan fingerprint density at radius 3 is 1.86 bits per heavy atom. The molecule has 0 aliphatic heterocycles. The zero-order chi connectivity index (χ0) is 16.3. The third-order valence-corrected chi connectivity index (χ3v) is 3.37. The van der Waals surface area contributed by atoms with E-state index in [0.29, 0.717) is 5.56 Å². The summed E-state index contributed by atoms with van der Waals surface area (Å²) in [4.78, 5) is 12.1. The average molecular weight is 297 g/mol. The van der Waals surface area contributed by atoms with Crippen LogP contribution in [-0.4, -0.2) is 16.6 Å². The molecule has 2 aromatic rings. The molecule has 0 bridgehead atoms. The number of aryl methyl sites for hydroxylation is 1. The summed E-state index contributed by atoms with van der Waals surface area (Å²) in [6.07, 6.45) is -0.680. The second kappa shape index (κ2) is 6.32. The van der Waals surface area contributed by atoms with Crippen LogP contribution in [0.25, 0.3) is 0 Å². The number of rotatable bonds is 3. The van der Waals surface area contributed by atoms with Crippen molar-refractivity contribution in [2.45, 2.75) is 39.3 Å². The van der Waals surface area contributed by atoms with E-state index in [0.717, 1.165) is 16.7 Å². The average Bonchev–Trinajstić information content (AvgIpc) is 2.46. The molecule has 3 nitrogen and oxygen atoms in total. The van der Waals surface area contributed by atoms with Gasteiger partial charge in [-0.25, -0.2) is 0 Å². The summed E-state index contributed by atoms with van der Waals surface area (Å²) in [5.41, 5.74) is 3.10. The fraction of sp³-hybridized carbons (Fsp3) is 0.316. The minimum Gasteiger partial charge on any atom is -0.384 e. The maximum absolute atomic E-state index is 12.1. The summed E-state index contributed by atoms with van der Waals surface area (Å²) >= 11 is 0. The highest BCUT2D eigenvalue weighted by Crippen LogP contribution is 2.22. The first-order chi connectivity index (χ1) is 10.3. The normalized spacial score (nSPS) is 12.8. The van der Waals surface area contributed by atoms with Crippen molar-refractivity contribution in [3.05, 3.63) is 70.8 Å². The predicted molar refractivity (Wildman–Crippen MR) is 88.9 cm³/mol. The van der Waals surface area contributed by atoms with Crippen molar-refractivity contribution in [2.24, 2.45) is 0 Å². The molecule has 0 saturated heterocycles. The van der Waals surface area contributed by atoms with E-state index >= 15 is 0 Å². The number of benzene rings is 2. The maximum atomic E-state index is 12.1. The van der Waals surface area contributed by atoms with Crippen LogP contribution in [0, 0.1) is 6.92 Å². The summed E-state index contributed by atoms with van der Waals surface area (Å²) in [6, 6.07) is 14.9. The summed E-state index contributed by atoms with van der Waals surface area (Å²) in [6.45, 7) is 7.85. The van der Waals surface area contributed by atoms with Gasteiger partial charge in [0.25, 0.3) is 5.91 Å². The van der Waals surface area contributed by atoms with Crippen molar-refractivity contribution in [3.63, 3.8) is 0 Å². The fourth-order valence-corrected chi connectivity index (χ4v) is 2.17. The Morgan fingerprint density at radius 1 is 0.955 bits per heavy atom. The van der Waals surface area contributed by atoms with Crippen molar-refractivity contribution >= 4 is 5.91 Å². The van der Waals surface area contributed by atoms with Crippen LogP contribution in [-0.2, 0) is 0 Å². The van der Waals surface area contributed by atoms with Gasteiger partial charge in [0.1, 0.15) is 6.10 Å².